The van der Waals surface area contributed by atoms with Gasteiger partial charge in [0.15, 0.2) is 0 Å². The molecule has 0 aromatic heterocycles. The van der Waals surface area contributed by atoms with Gasteiger partial charge in [-0.05, 0) is 25.8 Å². The first-order valence-corrected chi connectivity index (χ1v) is 4.71. The van der Waals surface area contributed by atoms with Crippen molar-refractivity contribution in [3.63, 3.8) is 0 Å². The fourth-order valence-corrected chi connectivity index (χ4v) is 1.79. The summed E-state index contributed by atoms with van der Waals surface area (Å²) in [5, 5.41) is 21.4. The second-order valence-electron chi connectivity index (χ2n) is 3.88. The molecule has 0 spiro atoms. The lowest BCUT2D eigenvalue weighted by atomic mass is 9.66. The van der Waals surface area contributed by atoms with Crippen LogP contribution in [0.2, 0.25) is 0 Å². The lowest BCUT2D eigenvalue weighted by Crippen LogP contribution is -2.52. The van der Waals surface area contributed by atoms with E-state index in [4.69, 9.17) is 10.2 Å². The van der Waals surface area contributed by atoms with Gasteiger partial charge in [-0.2, -0.15) is 0 Å². The summed E-state index contributed by atoms with van der Waals surface area (Å²) in [4.78, 5) is 0. The van der Waals surface area contributed by atoms with Crippen molar-refractivity contribution in [2.45, 2.75) is 32.2 Å². The fraction of sp³-hybridized carbons (Fsp3) is 1.00. The molecule has 0 heterocycles. The van der Waals surface area contributed by atoms with E-state index in [1.807, 2.05) is 0 Å². The summed E-state index contributed by atoms with van der Waals surface area (Å²) in [5.74, 6) is 0. The summed E-state index contributed by atoms with van der Waals surface area (Å²) >= 11 is 0. The van der Waals surface area contributed by atoms with Crippen LogP contribution in [0.1, 0.15) is 26.2 Å². The Hall–Kier alpha value is -0.120. The van der Waals surface area contributed by atoms with Crippen molar-refractivity contribution < 1.29 is 10.2 Å². The molecule has 3 heteroatoms. The minimum atomic E-state index is -0.175. The quantitative estimate of drug-likeness (QED) is 0.553. The fourth-order valence-electron chi connectivity index (χ4n) is 1.79. The summed E-state index contributed by atoms with van der Waals surface area (Å²) < 4.78 is 0. The molecule has 72 valence electrons. The molecule has 0 atom stereocenters. The van der Waals surface area contributed by atoms with Crippen LogP contribution in [0.25, 0.3) is 0 Å². The Bertz CT molecular complexity index is 126. The van der Waals surface area contributed by atoms with Gasteiger partial charge in [-0.3, -0.25) is 0 Å². The van der Waals surface area contributed by atoms with Gasteiger partial charge in [-0.25, -0.2) is 0 Å². The Morgan fingerprint density at radius 2 is 1.92 bits per heavy atom. The van der Waals surface area contributed by atoms with E-state index in [9.17, 15) is 0 Å². The monoisotopic (exact) mass is 173 g/mol. The van der Waals surface area contributed by atoms with Crippen molar-refractivity contribution in [3.05, 3.63) is 0 Å². The maximum atomic E-state index is 8.99. The summed E-state index contributed by atoms with van der Waals surface area (Å²) in [7, 11) is 0. The molecule has 1 saturated carbocycles. The zero-order chi connectivity index (χ0) is 9.03. The van der Waals surface area contributed by atoms with E-state index in [1.165, 1.54) is 0 Å². The van der Waals surface area contributed by atoms with Crippen LogP contribution in [0.15, 0.2) is 0 Å². The first-order chi connectivity index (χ1) is 5.76. The molecule has 0 aromatic carbocycles. The molecule has 3 nitrogen and oxygen atoms in total. The molecule has 0 unspecified atom stereocenters. The number of aliphatic hydroxyl groups is 2. The molecule has 0 bridgehead atoms. The topological polar surface area (TPSA) is 52.5 Å². The smallest absolute Gasteiger partial charge is 0.0510 e. The van der Waals surface area contributed by atoms with Crippen molar-refractivity contribution in [1.82, 2.24) is 5.32 Å². The Balaban J connectivity index is 2.16. The molecular formula is C9H19NO2. The van der Waals surface area contributed by atoms with Gasteiger partial charge in [-0.1, -0.05) is 6.92 Å². The van der Waals surface area contributed by atoms with Crippen LogP contribution >= 0.6 is 0 Å². The molecule has 0 amide bonds. The number of aliphatic hydroxyl groups excluding tert-OH is 2. The molecule has 1 fully saturated rings. The molecule has 0 aliphatic heterocycles. The third-order valence-electron chi connectivity index (χ3n) is 2.71. The maximum absolute atomic E-state index is 8.99. The Morgan fingerprint density at radius 3 is 2.33 bits per heavy atom. The molecule has 3 N–H and O–H groups in total. The Kier molecular flexibility index (Phi) is 3.50. The van der Waals surface area contributed by atoms with E-state index < -0.39 is 0 Å². The summed E-state index contributed by atoms with van der Waals surface area (Å²) in [6, 6.07) is 0.518. The lowest BCUT2D eigenvalue weighted by Gasteiger charge is -2.45. The zero-order valence-electron chi connectivity index (χ0n) is 7.71. The minimum absolute atomic E-state index is 0.119. The van der Waals surface area contributed by atoms with Crippen molar-refractivity contribution in [3.8, 4) is 0 Å². The first-order valence-electron chi connectivity index (χ1n) is 4.71. The second kappa shape index (κ2) is 4.21. The number of nitrogens with one attached hydrogen (secondary N) is 1. The van der Waals surface area contributed by atoms with Crippen LogP contribution in [-0.2, 0) is 0 Å². The number of hydrogen-bond acceptors (Lipinski definition) is 3. The van der Waals surface area contributed by atoms with Crippen molar-refractivity contribution >= 4 is 0 Å². The average molecular weight is 173 g/mol. The van der Waals surface area contributed by atoms with E-state index in [1.54, 1.807) is 0 Å². The molecule has 0 saturated heterocycles. The van der Waals surface area contributed by atoms with Gasteiger partial charge in [0.1, 0.15) is 0 Å². The summed E-state index contributed by atoms with van der Waals surface area (Å²) in [6.07, 6.45) is 2.97. The van der Waals surface area contributed by atoms with Crippen LogP contribution < -0.4 is 5.32 Å². The highest BCUT2D eigenvalue weighted by Crippen LogP contribution is 2.39. The van der Waals surface area contributed by atoms with Gasteiger partial charge >= 0.3 is 0 Å². The van der Waals surface area contributed by atoms with Crippen molar-refractivity contribution in [2.75, 3.05) is 19.8 Å². The summed E-state index contributed by atoms with van der Waals surface area (Å²) in [5.41, 5.74) is -0.175. The van der Waals surface area contributed by atoms with Crippen LogP contribution in [-0.4, -0.2) is 36.0 Å². The van der Waals surface area contributed by atoms with E-state index in [0.717, 1.165) is 25.8 Å². The molecule has 0 radical (unpaired) electrons. The predicted molar refractivity (Wildman–Crippen MR) is 47.9 cm³/mol. The highest BCUT2D eigenvalue weighted by atomic mass is 16.3. The van der Waals surface area contributed by atoms with Crippen molar-refractivity contribution in [2.24, 2.45) is 5.41 Å². The van der Waals surface area contributed by atoms with Crippen LogP contribution in [0.3, 0.4) is 0 Å². The highest BCUT2D eigenvalue weighted by molar-refractivity contribution is 4.96. The van der Waals surface area contributed by atoms with Gasteiger partial charge in [0.25, 0.3) is 0 Å². The van der Waals surface area contributed by atoms with Gasteiger partial charge < -0.3 is 15.5 Å². The highest BCUT2D eigenvalue weighted by Gasteiger charge is 2.42. The molecular weight excluding hydrogens is 154 g/mol. The van der Waals surface area contributed by atoms with Crippen LogP contribution in [0.4, 0.5) is 0 Å². The molecule has 0 aromatic rings. The Morgan fingerprint density at radius 1 is 1.33 bits per heavy atom. The van der Waals surface area contributed by atoms with Gasteiger partial charge in [-0.15, -0.1) is 0 Å². The number of hydrogen-bond donors (Lipinski definition) is 3. The van der Waals surface area contributed by atoms with Gasteiger partial charge in [0.05, 0.1) is 13.2 Å². The lowest BCUT2D eigenvalue weighted by molar-refractivity contribution is -0.0315. The average Bonchev–Trinajstić information content (AvgIpc) is 2.04. The predicted octanol–water partition coefficient (Wildman–Crippen LogP) is 0.119. The largest absolute Gasteiger partial charge is 0.396 e. The minimum Gasteiger partial charge on any atom is -0.396 e. The third-order valence-corrected chi connectivity index (χ3v) is 2.71. The molecule has 12 heavy (non-hydrogen) atoms. The maximum Gasteiger partial charge on any atom is 0.0510 e. The van der Waals surface area contributed by atoms with Crippen molar-refractivity contribution in [1.29, 1.82) is 0 Å². The first kappa shape index (κ1) is 9.96. The van der Waals surface area contributed by atoms with E-state index >= 15 is 0 Å². The standard InChI is InChI=1S/C9H19NO2/c1-2-3-10-8-4-9(5-8,6-11)7-12/h8,10-12H,2-7H2,1H3. The van der Waals surface area contributed by atoms with E-state index in [2.05, 4.69) is 12.2 Å². The van der Waals surface area contributed by atoms with Crippen LogP contribution in [0, 0.1) is 5.41 Å². The van der Waals surface area contributed by atoms with Gasteiger partial charge in [0, 0.05) is 11.5 Å². The van der Waals surface area contributed by atoms with E-state index in [-0.39, 0.29) is 18.6 Å². The third kappa shape index (κ3) is 1.97. The molecule has 1 rings (SSSR count). The second-order valence-corrected chi connectivity index (χ2v) is 3.88. The van der Waals surface area contributed by atoms with Crippen LogP contribution in [0.5, 0.6) is 0 Å². The van der Waals surface area contributed by atoms with Gasteiger partial charge in [0.2, 0.25) is 0 Å². The molecule has 1 aliphatic rings. The SMILES string of the molecule is CCCNC1CC(CO)(CO)C1. The number of rotatable bonds is 5. The van der Waals surface area contributed by atoms with E-state index in [0.29, 0.717) is 6.04 Å². The zero-order valence-corrected chi connectivity index (χ0v) is 7.71. The normalized spacial score (nSPS) is 22.2. The molecule has 1 aliphatic carbocycles. The summed E-state index contributed by atoms with van der Waals surface area (Å²) in [6.45, 7) is 3.41. The Labute approximate surface area is 73.8 Å².